The number of nitrogens with zero attached hydrogens (tertiary/aromatic N) is 2. The zero-order chi connectivity index (χ0) is 20.3. The molecule has 1 aliphatic heterocycles. The third kappa shape index (κ3) is 11.7. The molecule has 10 heteroatoms. The van der Waals surface area contributed by atoms with Crippen molar-refractivity contribution in [1.29, 1.82) is 0 Å². The lowest BCUT2D eigenvalue weighted by Crippen LogP contribution is -2.46. The lowest BCUT2D eigenvalue weighted by molar-refractivity contribution is 0.0527. The van der Waals surface area contributed by atoms with Crippen molar-refractivity contribution < 1.29 is 17.9 Å². The van der Waals surface area contributed by atoms with E-state index in [9.17, 15) is 13.2 Å². The minimum Gasteiger partial charge on any atom is -0.444 e. The topological polar surface area (TPSA) is 112 Å². The van der Waals surface area contributed by atoms with Crippen LogP contribution in [0.25, 0.3) is 0 Å². The van der Waals surface area contributed by atoms with Gasteiger partial charge in [0, 0.05) is 45.8 Å². The number of amides is 1. The van der Waals surface area contributed by atoms with Crippen molar-refractivity contribution in [1.82, 2.24) is 20.9 Å². The molecule has 1 fully saturated rings. The van der Waals surface area contributed by atoms with Gasteiger partial charge in [-0.15, -0.1) is 0 Å². The molecule has 0 aliphatic carbocycles. The quantitative estimate of drug-likeness (QED) is 0.300. The van der Waals surface area contributed by atoms with Gasteiger partial charge in [0.2, 0.25) is 0 Å². The Morgan fingerprint density at radius 2 is 1.78 bits per heavy atom. The van der Waals surface area contributed by atoms with Crippen LogP contribution < -0.4 is 16.0 Å². The standard InChI is InChI=1S/C17H35N5O4S/c1-5-18-15(19-7-6-8-21-16(23)26-17(2,3)4)20-9-10-22-11-13-27(24,25)14-12-22/h5-14H2,1-4H3,(H,21,23)(H2,18,19,20). The van der Waals surface area contributed by atoms with Gasteiger partial charge in [-0.05, 0) is 34.1 Å². The molecule has 0 atom stereocenters. The molecule has 9 nitrogen and oxygen atoms in total. The first kappa shape index (κ1) is 23.5. The number of ether oxygens (including phenoxy) is 1. The minimum atomic E-state index is -2.84. The van der Waals surface area contributed by atoms with E-state index >= 15 is 0 Å². The summed E-state index contributed by atoms with van der Waals surface area (Å²) < 4.78 is 28.1. The molecule has 0 spiro atoms. The fourth-order valence-electron chi connectivity index (χ4n) is 2.42. The maximum atomic E-state index is 11.6. The zero-order valence-corrected chi connectivity index (χ0v) is 17.8. The smallest absolute Gasteiger partial charge is 0.407 e. The van der Waals surface area contributed by atoms with Gasteiger partial charge in [0.25, 0.3) is 0 Å². The second kappa shape index (κ2) is 11.3. The minimum absolute atomic E-state index is 0.242. The van der Waals surface area contributed by atoms with Crippen molar-refractivity contribution >= 4 is 21.9 Å². The summed E-state index contributed by atoms with van der Waals surface area (Å²) in [7, 11) is -2.84. The number of nitrogens with one attached hydrogen (secondary N) is 3. The van der Waals surface area contributed by atoms with Crippen molar-refractivity contribution in [2.75, 3.05) is 57.3 Å². The predicted molar refractivity (Wildman–Crippen MR) is 108 cm³/mol. The van der Waals surface area contributed by atoms with Crippen molar-refractivity contribution in [3.63, 3.8) is 0 Å². The maximum absolute atomic E-state index is 11.6. The van der Waals surface area contributed by atoms with Crippen LogP contribution in [0.5, 0.6) is 0 Å². The van der Waals surface area contributed by atoms with Crippen LogP contribution in [0.4, 0.5) is 4.79 Å². The molecule has 0 saturated carbocycles. The van der Waals surface area contributed by atoms with Crippen LogP contribution in [0.3, 0.4) is 0 Å². The van der Waals surface area contributed by atoms with Gasteiger partial charge in [0.15, 0.2) is 15.8 Å². The Labute approximate surface area is 163 Å². The second-order valence-corrected chi connectivity index (χ2v) is 9.77. The molecule has 27 heavy (non-hydrogen) atoms. The highest BCUT2D eigenvalue weighted by Gasteiger charge is 2.21. The van der Waals surface area contributed by atoms with E-state index in [1.54, 1.807) is 0 Å². The number of sulfone groups is 1. The van der Waals surface area contributed by atoms with Gasteiger partial charge < -0.3 is 20.7 Å². The van der Waals surface area contributed by atoms with Gasteiger partial charge >= 0.3 is 6.09 Å². The summed E-state index contributed by atoms with van der Waals surface area (Å²) in [4.78, 5) is 18.2. The molecule has 0 aromatic carbocycles. The van der Waals surface area contributed by atoms with E-state index < -0.39 is 21.5 Å². The van der Waals surface area contributed by atoms with Gasteiger partial charge in [-0.1, -0.05) is 0 Å². The van der Waals surface area contributed by atoms with Crippen LogP contribution in [-0.4, -0.2) is 88.3 Å². The first-order valence-electron chi connectivity index (χ1n) is 9.53. The van der Waals surface area contributed by atoms with Crippen LogP contribution in [0.2, 0.25) is 0 Å². The monoisotopic (exact) mass is 405 g/mol. The number of alkyl carbamates (subject to hydrolysis) is 1. The fourth-order valence-corrected chi connectivity index (χ4v) is 3.70. The first-order chi connectivity index (χ1) is 12.6. The van der Waals surface area contributed by atoms with E-state index in [-0.39, 0.29) is 11.5 Å². The van der Waals surface area contributed by atoms with Gasteiger partial charge in [0.05, 0.1) is 11.5 Å². The number of guanidine groups is 1. The molecule has 1 heterocycles. The van der Waals surface area contributed by atoms with Gasteiger partial charge in [-0.3, -0.25) is 9.89 Å². The molecule has 1 amide bonds. The van der Waals surface area contributed by atoms with Crippen molar-refractivity contribution in [2.45, 2.75) is 39.7 Å². The lowest BCUT2D eigenvalue weighted by Gasteiger charge is -2.26. The molecule has 0 unspecified atom stereocenters. The fraction of sp³-hybridized carbons (Fsp3) is 0.882. The Balaban J connectivity index is 2.23. The average molecular weight is 406 g/mol. The Kier molecular flexibility index (Phi) is 9.86. The van der Waals surface area contributed by atoms with Crippen LogP contribution in [0.1, 0.15) is 34.1 Å². The highest BCUT2D eigenvalue weighted by Crippen LogP contribution is 2.06. The largest absolute Gasteiger partial charge is 0.444 e. The van der Waals surface area contributed by atoms with Crippen LogP contribution in [-0.2, 0) is 14.6 Å². The van der Waals surface area contributed by atoms with Crippen LogP contribution >= 0.6 is 0 Å². The van der Waals surface area contributed by atoms with Crippen molar-refractivity contribution in [2.24, 2.45) is 4.99 Å². The normalized spacial score (nSPS) is 18.0. The van der Waals surface area contributed by atoms with E-state index in [1.165, 1.54) is 0 Å². The van der Waals surface area contributed by atoms with E-state index in [2.05, 4.69) is 25.8 Å². The molecule has 158 valence electrons. The van der Waals surface area contributed by atoms with E-state index in [1.807, 2.05) is 27.7 Å². The molecular weight excluding hydrogens is 370 g/mol. The number of aliphatic imine (C=N–C) groups is 1. The van der Waals surface area contributed by atoms with Gasteiger partial charge in [-0.25, -0.2) is 13.2 Å². The van der Waals surface area contributed by atoms with Gasteiger partial charge in [0.1, 0.15) is 5.60 Å². The van der Waals surface area contributed by atoms with Crippen molar-refractivity contribution in [3.05, 3.63) is 0 Å². The van der Waals surface area contributed by atoms with E-state index in [0.29, 0.717) is 39.1 Å². The molecular formula is C17H35N5O4S. The molecule has 0 bridgehead atoms. The Morgan fingerprint density at radius 3 is 2.37 bits per heavy atom. The number of hydrogen-bond acceptors (Lipinski definition) is 6. The number of hydrogen-bond donors (Lipinski definition) is 3. The molecule has 3 N–H and O–H groups in total. The van der Waals surface area contributed by atoms with E-state index in [0.717, 1.165) is 19.0 Å². The SMILES string of the molecule is CCNC(=NCCCNC(=O)OC(C)(C)C)NCCN1CCS(=O)(=O)CC1. The maximum Gasteiger partial charge on any atom is 0.407 e. The highest BCUT2D eigenvalue weighted by molar-refractivity contribution is 7.91. The van der Waals surface area contributed by atoms with E-state index in [4.69, 9.17) is 4.74 Å². The molecule has 1 saturated heterocycles. The molecule has 1 rings (SSSR count). The Bertz CT molecular complexity index is 573. The second-order valence-electron chi connectivity index (χ2n) is 7.46. The zero-order valence-electron chi connectivity index (χ0n) is 17.0. The van der Waals surface area contributed by atoms with Gasteiger partial charge in [-0.2, -0.15) is 0 Å². The average Bonchev–Trinajstić information content (AvgIpc) is 2.54. The first-order valence-corrected chi connectivity index (χ1v) is 11.4. The molecule has 1 aliphatic rings. The van der Waals surface area contributed by atoms with Crippen molar-refractivity contribution in [3.8, 4) is 0 Å². The third-order valence-corrected chi connectivity index (χ3v) is 5.38. The number of carbonyl (C=O) groups excluding carboxylic acids is 1. The summed E-state index contributed by atoms with van der Waals surface area (Å²) in [5, 5.41) is 9.14. The predicted octanol–water partition coefficient (Wildman–Crippen LogP) is 0.187. The molecule has 0 aromatic heterocycles. The van der Waals surface area contributed by atoms with Crippen LogP contribution in [0.15, 0.2) is 4.99 Å². The lowest BCUT2D eigenvalue weighted by atomic mass is 10.2. The molecule has 0 radical (unpaired) electrons. The summed E-state index contributed by atoms with van der Waals surface area (Å²) in [5.74, 6) is 1.21. The third-order valence-electron chi connectivity index (χ3n) is 3.77. The summed E-state index contributed by atoms with van der Waals surface area (Å²) >= 11 is 0. The Hall–Kier alpha value is -1.55. The number of rotatable bonds is 8. The summed E-state index contributed by atoms with van der Waals surface area (Å²) in [6.07, 6.45) is 0.292. The Morgan fingerprint density at radius 1 is 1.11 bits per heavy atom. The summed E-state index contributed by atoms with van der Waals surface area (Å²) in [5.41, 5.74) is -0.497. The number of carbonyl (C=O) groups is 1. The van der Waals surface area contributed by atoms with Crippen LogP contribution in [0, 0.1) is 0 Å². The summed E-state index contributed by atoms with van der Waals surface area (Å²) in [6.45, 7) is 12.0. The summed E-state index contributed by atoms with van der Waals surface area (Å²) in [6, 6.07) is 0. The highest BCUT2D eigenvalue weighted by atomic mass is 32.2. The molecule has 0 aromatic rings.